The van der Waals surface area contributed by atoms with Crippen molar-refractivity contribution < 1.29 is 4.79 Å². The van der Waals surface area contributed by atoms with E-state index in [4.69, 9.17) is 0 Å². The highest BCUT2D eigenvalue weighted by molar-refractivity contribution is 6.32. The highest BCUT2D eigenvalue weighted by Gasteiger charge is 2.32. The maximum absolute atomic E-state index is 12.5. The average molecular weight is 441 g/mol. The molecular weight excluding hydrogens is 412 g/mol. The molecule has 2 aliphatic rings. The van der Waals surface area contributed by atoms with Crippen LogP contribution in [0.1, 0.15) is 59.1 Å². The number of aromatic amines is 1. The average Bonchev–Trinajstić information content (AvgIpc) is 3.55. The molecule has 1 aliphatic heterocycles. The Kier molecular flexibility index (Phi) is 6.13. The summed E-state index contributed by atoms with van der Waals surface area (Å²) >= 11 is 0. The minimum Gasteiger partial charge on any atom is -0.359 e. The first kappa shape index (κ1) is 21.3. The molecule has 3 N–H and O–H groups in total. The number of nitrogens with zero attached hydrogens (tertiary/aromatic N) is 3. The third-order valence-corrected chi connectivity index (χ3v) is 6.16. The molecule has 0 bridgehead atoms. The molecule has 0 atom stereocenters. The highest BCUT2D eigenvalue weighted by Crippen LogP contribution is 2.45. The van der Waals surface area contributed by atoms with Crippen molar-refractivity contribution >= 4 is 17.7 Å². The quantitative estimate of drug-likeness (QED) is 0.350. The topological polar surface area (TPSA) is 95.1 Å². The molecule has 3 aromatic rings. The van der Waals surface area contributed by atoms with Crippen molar-refractivity contribution in [2.24, 2.45) is 5.10 Å². The second kappa shape index (κ2) is 9.50. The zero-order valence-corrected chi connectivity index (χ0v) is 18.8. The van der Waals surface area contributed by atoms with Crippen molar-refractivity contribution in [1.29, 1.82) is 0 Å². The summed E-state index contributed by atoms with van der Waals surface area (Å²) in [6.45, 7) is 3.98. The Morgan fingerprint density at radius 3 is 2.67 bits per heavy atom. The lowest BCUT2D eigenvalue weighted by Gasteiger charge is -2.08. The zero-order valence-electron chi connectivity index (χ0n) is 18.8. The highest BCUT2D eigenvalue weighted by atomic mass is 16.2. The molecule has 1 fully saturated rings. The molecule has 7 nitrogen and oxygen atoms in total. The van der Waals surface area contributed by atoms with Crippen molar-refractivity contribution in [2.75, 3.05) is 6.54 Å². The Balaban J connectivity index is 1.32. The van der Waals surface area contributed by atoms with Crippen LogP contribution in [0.3, 0.4) is 0 Å². The maximum Gasteiger partial charge on any atom is 0.273 e. The van der Waals surface area contributed by atoms with Gasteiger partial charge in [0.05, 0.1) is 5.57 Å². The van der Waals surface area contributed by atoms with E-state index >= 15 is 0 Å². The molecular formula is C26H28N6O. The smallest absolute Gasteiger partial charge is 0.273 e. The van der Waals surface area contributed by atoms with E-state index in [1.54, 1.807) is 18.5 Å². The Bertz CT molecular complexity index is 1190. The zero-order chi connectivity index (χ0) is 22.6. The predicted molar refractivity (Wildman–Crippen MR) is 129 cm³/mol. The second-order valence-corrected chi connectivity index (χ2v) is 8.63. The third kappa shape index (κ3) is 4.78. The van der Waals surface area contributed by atoms with E-state index in [9.17, 15) is 4.79 Å². The predicted octanol–water partition coefficient (Wildman–Crippen LogP) is 3.63. The van der Waals surface area contributed by atoms with Gasteiger partial charge in [0.1, 0.15) is 5.71 Å². The molecule has 0 spiro atoms. The van der Waals surface area contributed by atoms with Gasteiger partial charge in [-0.15, -0.1) is 0 Å². The normalized spacial score (nSPS) is 16.8. The Labute approximate surface area is 193 Å². The Morgan fingerprint density at radius 2 is 1.91 bits per heavy atom. The first-order valence-electron chi connectivity index (χ1n) is 11.5. The number of benzene rings is 1. The van der Waals surface area contributed by atoms with Gasteiger partial charge in [-0.25, -0.2) is 15.4 Å². The van der Waals surface area contributed by atoms with Crippen LogP contribution in [0.5, 0.6) is 0 Å². The fourth-order valence-electron chi connectivity index (χ4n) is 4.41. The lowest BCUT2D eigenvalue weighted by molar-refractivity contribution is -0.116. The molecule has 1 aliphatic carbocycles. The van der Waals surface area contributed by atoms with E-state index in [-0.39, 0.29) is 5.91 Å². The molecule has 7 heteroatoms. The van der Waals surface area contributed by atoms with E-state index in [1.165, 1.54) is 35.2 Å². The molecule has 1 saturated carbocycles. The van der Waals surface area contributed by atoms with Gasteiger partial charge in [-0.1, -0.05) is 30.3 Å². The summed E-state index contributed by atoms with van der Waals surface area (Å²) in [5, 5.41) is 7.73. The first-order chi connectivity index (χ1) is 16.2. The van der Waals surface area contributed by atoms with Gasteiger partial charge in [0.2, 0.25) is 0 Å². The number of aryl methyl sites for hydroxylation is 1. The number of amides is 1. The molecule has 168 valence electrons. The first-order valence-corrected chi connectivity index (χ1v) is 11.5. The summed E-state index contributed by atoms with van der Waals surface area (Å²) in [5.74, 6) is 0.785. The number of hydrazone groups is 1. The minimum absolute atomic E-state index is 0.224. The van der Waals surface area contributed by atoms with Gasteiger partial charge in [0.25, 0.3) is 5.91 Å². The van der Waals surface area contributed by atoms with Crippen LogP contribution >= 0.6 is 0 Å². The summed E-state index contributed by atoms with van der Waals surface area (Å²) in [5.41, 5.74) is 9.79. The summed E-state index contributed by atoms with van der Waals surface area (Å²) in [6.07, 6.45) is 9.70. The van der Waals surface area contributed by atoms with Crippen molar-refractivity contribution in [3.05, 3.63) is 88.3 Å². The number of hydrogen-bond donors (Lipinski definition) is 3. The summed E-state index contributed by atoms with van der Waals surface area (Å²) in [4.78, 5) is 24.6. The van der Waals surface area contributed by atoms with Crippen LogP contribution in [-0.2, 0) is 17.8 Å². The summed E-state index contributed by atoms with van der Waals surface area (Å²) in [6, 6.07) is 12.2. The molecule has 1 amide bonds. The monoisotopic (exact) mass is 440 g/mol. The van der Waals surface area contributed by atoms with Crippen LogP contribution in [0.15, 0.2) is 59.5 Å². The lowest BCUT2D eigenvalue weighted by atomic mass is 9.98. The van der Waals surface area contributed by atoms with Gasteiger partial charge >= 0.3 is 0 Å². The van der Waals surface area contributed by atoms with E-state index in [0.717, 1.165) is 31.6 Å². The van der Waals surface area contributed by atoms with Crippen LogP contribution in [0.2, 0.25) is 0 Å². The minimum atomic E-state index is -0.224. The van der Waals surface area contributed by atoms with Crippen LogP contribution in [-0.4, -0.2) is 33.1 Å². The van der Waals surface area contributed by atoms with Gasteiger partial charge in [-0.2, -0.15) is 5.10 Å². The number of aromatic nitrogens is 3. The van der Waals surface area contributed by atoms with Crippen molar-refractivity contribution in [3.8, 4) is 0 Å². The number of rotatable bonds is 9. The van der Waals surface area contributed by atoms with Crippen LogP contribution in [0.4, 0.5) is 0 Å². The molecule has 0 unspecified atom stereocenters. The molecule has 2 aromatic heterocycles. The number of hydrogen-bond acceptors (Lipinski definition) is 5. The van der Waals surface area contributed by atoms with Crippen LogP contribution in [0, 0.1) is 6.92 Å². The second-order valence-electron chi connectivity index (χ2n) is 8.63. The summed E-state index contributed by atoms with van der Waals surface area (Å²) < 4.78 is 0. The SMILES string of the molecule is Cc1[nH]c(/C=C2/C(=O)NN=C2c2ncccn2)c(C2CC2)c1CCCNCc1ccccc1. The molecule has 0 radical (unpaired) electrons. The van der Waals surface area contributed by atoms with Crippen LogP contribution < -0.4 is 10.7 Å². The number of H-pyrrole nitrogens is 1. The molecule has 0 saturated heterocycles. The van der Waals surface area contributed by atoms with E-state index < -0.39 is 0 Å². The molecule has 33 heavy (non-hydrogen) atoms. The van der Waals surface area contributed by atoms with Gasteiger partial charge in [-0.05, 0) is 73.9 Å². The fourth-order valence-corrected chi connectivity index (χ4v) is 4.41. The number of carbonyl (C=O) groups excluding carboxylic acids is 1. The van der Waals surface area contributed by atoms with Gasteiger partial charge in [0.15, 0.2) is 5.82 Å². The number of nitrogens with one attached hydrogen (secondary N) is 3. The summed E-state index contributed by atoms with van der Waals surface area (Å²) in [7, 11) is 0. The molecule has 1 aromatic carbocycles. The third-order valence-electron chi connectivity index (χ3n) is 6.16. The molecule has 3 heterocycles. The Morgan fingerprint density at radius 1 is 1.12 bits per heavy atom. The van der Waals surface area contributed by atoms with Gasteiger partial charge in [-0.3, -0.25) is 4.79 Å². The van der Waals surface area contributed by atoms with Crippen molar-refractivity contribution in [1.82, 2.24) is 25.7 Å². The van der Waals surface area contributed by atoms with Crippen molar-refractivity contribution in [3.63, 3.8) is 0 Å². The van der Waals surface area contributed by atoms with Gasteiger partial charge in [0, 0.05) is 30.3 Å². The fraction of sp³-hybridized carbons (Fsp3) is 0.308. The Hall–Kier alpha value is -3.58. The van der Waals surface area contributed by atoms with Crippen molar-refractivity contribution in [2.45, 2.75) is 45.1 Å². The van der Waals surface area contributed by atoms with Gasteiger partial charge < -0.3 is 10.3 Å². The van der Waals surface area contributed by atoms with Crippen LogP contribution in [0.25, 0.3) is 6.08 Å². The lowest BCUT2D eigenvalue weighted by Crippen LogP contribution is -2.15. The maximum atomic E-state index is 12.5. The standard InChI is InChI=1S/C26H28N6O/c1-17-20(9-5-12-27-16-18-7-3-2-4-8-18)23(19-10-11-19)22(30-17)15-21-24(31-32-26(21)33)25-28-13-6-14-29-25/h2-4,6-8,13-15,19,27,30H,5,9-12,16H2,1H3,(H,32,33)/b21-15+. The van der Waals surface area contributed by atoms with E-state index in [2.05, 4.69) is 62.0 Å². The van der Waals surface area contributed by atoms with E-state index in [1.807, 2.05) is 12.1 Å². The molecule has 5 rings (SSSR count). The number of carbonyl (C=O) groups is 1. The largest absolute Gasteiger partial charge is 0.359 e. The van der Waals surface area contributed by atoms with E-state index in [0.29, 0.717) is 23.0 Å².